The summed E-state index contributed by atoms with van der Waals surface area (Å²) in [5.74, 6) is 0.187. The molecule has 0 fully saturated rings. The number of halogens is 1. The Hall–Kier alpha value is -1.37. The van der Waals surface area contributed by atoms with Crippen molar-refractivity contribution in [2.45, 2.75) is 20.0 Å². The number of hydrogen-bond acceptors (Lipinski definition) is 5. The predicted molar refractivity (Wildman–Crippen MR) is 76.4 cm³/mol. The molecule has 1 heterocycles. The monoisotopic (exact) mass is 289 g/mol. The minimum atomic E-state index is -0.539. The van der Waals surface area contributed by atoms with E-state index in [-0.39, 0.29) is 18.3 Å². The van der Waals surface area contributed by atoms with Crippen molar-refractivity contribution in [2.24, 2.45) is 0 Å². The van der Waals surface area contributed by atoms with Crippen molar-refractivity contribution in [1.29, 1.82) is 0 Å². The zero-order valence-electron chi connectivity index (χ0n) is 11.1. The molecule has 1 aromatic rings. The molecule has 0 saturated heterocycles. The summed E-state index contributed by atoms with van der Waals surface area (Å²) in [5.41, 5.74) is 6.04. The number of anilines is 2. The van der Waals surface area contributed by atoms with Gasteiger partial charge in [-0.25, -0.2) is 4.98 Å². The van der Waals surface area contributed by atoms with Gasteiger partial charge in [0, 0.05) is 6.61 Å². The molecule has 19 heavy (non-hydrogen) atoms. The maximum atomic E-state index is 11.7. The van der Waals surface area contributed by atoms with Crippen LogP contribution in [-0.2, 0) is 14.3 Å². The Balaban J connectivity index is 0.00000324. The number of amides is 1. The third-order valence-electron chi connectivity index (χ3n) is 2.22. The average molecular weight is 290 g/mol. The van der Waals surface area contributed by atoms with Crippen LogP contribution in [0.2, 0.25) is 0 Å². The summed E-state index contributed by atoms with van der Waals surface area (Å²) in [7, 11) is 0. The first-order chi connectivity index (χ1) is 8.63. The maximum absolute atomic E-state index is 11.7. The highest BCUT2D eigenvalue weighted by atomic mass is 35.5. The topological polar surface area (TPSA) is 86.5 Å². The van der Waals surface area contributed by atoms with Crippen molar-refractivity contribution >= 4 is 29.8 Å². The Kier molecular flexibility index (Phi) is 8.86. The highest BCUT2D eigenvalue weighted by Crippen LogP contribution is 2.07. The van der Waals surface area contributed by atoms with Crippen LogP contribution in [0.3, 0.4) is 0 Å². The molecule has 108 valence electrons. The molecule has 0 aromatic carbocycles. The highest BCUT2D eigenvalue weighted by molar-refractivity contribution is 5.93. The molecule has 0 bridgehead atoms. The van der Waals surface area contributed by atoms with Crippen LogP contribution >= 0.6 is 12.4 Å². The van der Waals surface area contributed by atoms with E-state index in [1.165, 1.54) is 6.20 Å². The summed E-state index contributed by atoms with van der Waals surface area (Å²) < 4.78 is 10.4. The fraction of sp³-hybridized carbons (Fsp3) is 0.500. The number of nitrogen functional groups attached to an aromatic ring is 1. The van der Waals surface area contributed by atoms with E-state index in [0.717, 1.165) is 0 Å². The minimum Gasteiger partial charge on any atom is -0.384 e. The molecular formula is C12H20ClN3O3. The lowest BCUT2D eigenvalue weighted by Crippen LogP contribution is -2.28. The molecule has 0 spiro atoms. The van der Waals surface area contributed by atoms with Crippen molar-refractivity contribution in [3.8, 4) is 0 Å². The Morgan fingerprint density at radius 3 is 2.79 bits per heavy atom. The van der Waals surface area contributed by atoms with E-state index < -0.39 is 6.10 Å². The van der Waals surface area contributed by atoms with E-state index in [0.29, 0.717) is 31.3 Å². The van der Waals surface area contributed by atoms with Gasteiger partial charge in [-0.2, -0.15) is 0 Å². The van der Waals surface area contributed by atoms with E-state index in [9.17, 15) is 4.79 Å². The molecule has 0 aliphatic heterocycles. The van der Waals surface area contributed by atoms with Gasteiger partial charge in [0.2, 0.25) is 0 Å². The number of carbonyl (C=O) groups excluding carboxylic acids is 1. The normalized spacial score (nSPS) is 11.5. The number of carbonyl (C=O) groups is 1. The molecule has 0 aliphatic rings. The van der Waals surface area contributed by atoms with Crippen LogP contribution in [0.4, 0.5) is 11.5 Å². The number of pyridine rings is 1. The number of aromatic nitrogens is 1. The van der Waals surface area contributed by atoms with E-state index in [2.05, 4.69) is 10.3 Å². The fourth-order valence-corrected chi connectivity index (χ4v) is 1.23. The predicted octanol–water partition coefficient (Wildman–Crippen LogP) is 1.47. The van der Waals surface area contributed by atoms with Crippen molar-refractivity contribution in [1.82, 2.24) is 4.98 Å². The Morgan fingerprint density at radius 1 is 1.47 bits per heavy atom. The second-order valence-electron chi connectivity index (χ2n) is 3.67. The van der Waals surface area contributed by atoms with E-state index in [1.807, 2.05) is 6.92 Å². The first kappa shape index (κ1) is 17.6. The van der Waals surface area contributed by atoms with Crippen LogP contribution in [-0.4, -0.2) is 36.8 Å². The van der Waals surface area contributed by atoms with Gasteiger partial charge in [-0.15, -0.1) is 12.4 Å². The molecule has 0 aliphatic carbocycles. The van der Waals surface area contributed by atoms with Crippen molar-refractivity contribution in [3.63, 3.8) is 0 Å². The van der Waals surface area contributed by atoms with Gasteiger partial charge in [-0.05, 0) is 26.0 Å². The van der Waals surface area contributed by atoms with Crippen molar-refractivity contribution in [2.75, 3.05) is 30.9 Å². The van der Waals surface area contributed by atoms with Crippen LogP contribution in [0.1, 0.15) is 13.8 Å². The zero-order valence-corrected chi connectivity index (χ0v) is 11.9. The maximum Gasteiger partial charge on any atom is 0.253 e. The molecule has 0 radical (unpaired) electrons. The second-order valence-corrected chi connectivity index (χ2v) is 3.67. The van der Waals surface area contributed by atoms with Gasteiger partial charge in [0.05, 0.1) is 25.1 Å². The number of nitrogens with zero attached hydrogens (tertiary/aromatic N) is 1. The number of nitrogens with two attached hydrogens (primary N) is 1. The van der Waals surface area contributed by atoms with Crippen molar-refractivity contribution in [3.05, 3.63) is 18.3 Å². The van der Waals surface area contributed by atoms with Gasteiger partial charge in [-0.1, -0.05) is 0 Å². The number of ether oxygens (including phenoxy) is 2. The lowest BCUT2D eigenvalue weighted by molar-refractivity contribution is -0.127. The first-order valence-corrected chi connectivity index (χ1v) is 5.85. The van der Waals surface area contributed by atoms with Crippen LogP contribution < -0.4 is 11.1 Å². The summed E-state index contributed by atoms with van der Waals surface area (Å²) in [4.78, 5) is 15.6. The van der Waals surface area contributed by atoms with Crippen molar-refractivity contribution < 1.29 is 14.3 Å². The molecule has 3 N–H and O–H groups in total. The van der Waals surface area contributed by atoms with Gasteiger partial charge >= 0.3 is 0 Å². The summed E-state index contributed by atoms with van der Waals surface area (Å²) in [6.07, 6.45) is 0.961. The molecule has 1 unspecified atom stereocenters. The summed E-state index contributed by atoms with van der Waals surface area (Å²) in [5, 5.41) is 2.69. The standard InChI is InChI=1S/C12H19N3O3.ClH/c1-3-17-6-7-18-9(2)12(16)15-10-4-5-11(13)14-8-10;/h4-5,8-9H,3,6-7H2,1-2H3,(H2,13,14)(H,15,16);1H. The molecule has 0 saturated carbocycles. The molecule has 1 amide bonds. The van der Waals surface area contributed by atoms with Gasteiger partial charge in [0.15, 0.2) is 0 Å². The fourth-order valence-electron chi connectivity index (χ4n) is 1.23. The van der Waals surface area contributed by atoms with E-state index >= 15 is 0 Å². The molecule has 1 atom stereocenters. The number of rotatable bonds is 7. The Bertz CT molecular complexity index is 373. The zero-order chi connectivity index (χ0) is 13.4. The molecular weight excluding hydrogens is 270 g/mol. The Labute approximate surface area is 119 Å². The molecule has 6 nitrogen and oxygen atoms in total. The lowest BCUT2D eigenvalue weighted by Gasteiger charge is -2.13. The average Bonchev–Trinajstić information content (AvgIpc) is 2.37. The van der Waals surface area contributed by atoms with Crippen LogP contribution in [0.15, 0.2) is 18.3 Å². The summed E-state index contributed by atoms with van der Waals surface area (Å²) >= 11 is 0. The Morgan fingerprint density at radius 2 is 2.21 bits per heavy atom. The molecule has 1 rings (SSSR count). The van der Waals surface area contributed by atoms with Gasteiger partial charge in [0.25, 0.3) is 5.91 Å². The van der Waals surface area contributed by atoms with Crippen LogP contribution in [0.5, 0.6) is 0 Å². The smallest absolute Gasteiger partial charge is 0.253 e. The first-order valence-electron chi connectivity index (χ1n) is 5.85. The quantitative estimate of drug-likeness (QED) is 0.742. The molecule has 7 heteroatoms. The van der Waals surface area contributed by atoms with Gasteiger partial charge in [-0.3, -0.25) is 4.79 Å². The lowest BCUT2D eigenvalue weighted by atomic mass is 10.3. The number of hydrogen-bond donors (Lipinski definition) is 2. The van der Waals surface area contributed by atoms with Crippen LogP contribution in [0.25, 0.3) is 0 Å². The van der Waals surface area contributed by atoms with Gasteiger partial charge < -0.3 is 20.5 Å². The van der Waals surface area contributed by atoms with Crippen LogP contribution in [0, 0.1) is 0 Å². The second kappa shape index (κ2) is 9.55. The third-order valence-corrected chi connectivity index (χ3v) is 2.22. The minimum absolute atomic E-state index is 0. The largest absolute Gasteiger partial charge is 0.384 e. The summed E-state index contributed by atoms with van der Waals surface area (Å²) in [6, 6.07) is 3.31. The highest BCUT2D eigenvalue weighted by Gasteiger charge is 2.13. The van der Waals surface area contributed by atoms with E-state index in [4.69, 9.17) is 15.2 Å². The SMILES string of the molecule is CCOCCOC(C)C(=O)Nc1ccc(N)nc1.Cl. The number of nitrogens with one attached hydrogen (secondary N) is 1. The molecule has 1 aromatic heterocycles. The third kappa shape index (κ3) is 6.95. The van der Waals surface area contributed by atoms with Gasteiger partial charge in [0.1, 0.15) is 11.9 Å². The summed E-state index contributed by atoms with van der Waals surface area (Å²) in [6.45, 7) is 5.11. The van der Waals surface area contributed by atoms with E-state index in [1.54, 1.807) is 19.1 Å².